The van der Waals surface area contributed by atoms with Crippen LogP contribution in [-0.4, -0.2) is 31.1 Å². The van der Waals surface area contributed by atoms with E-state index in [4.69, 9.17) is 9.52 Å². The number of anilines is 1. The number of rotatable bonds is 5. The highest BCUT2D eigenvalue weighted by Crippen LogP contribution is 2.33. The van der Waals surface area contributed by atoms with Gasteiger partial charge in [-0.1, -0.05) is 6.07 Å². The van der Waals surface area contributed by atoms with E-state index in [2.05, 4.69) is 15.4 Å². The number of halogens is 3. The van der Waals surface area contributed by atoms with Crippen molar-refractivity contribution in [3.05, 3.63) is 59.5 Å². The molecule has 0 aliphatic heterocycles. The highest BCUT2D eigenvalue weighted by molar-refractivity contribution is 7.91. The fraction of sp³-hybridized carbons (Fsp3) is 0.211. The molecule has 0 radical (unpaired) electrons. The topological polar surface area (TPSA) is 110 Å². The minimum atomic E-state index is -4.72. The van der Waals surface area contributed by atoms with Crippen LogP contribution in [-0.2, 0) is 23.0 Å². The predicted molar refractivity (Wildman–Crippen MR) is 107 cm³/mol. The van der Waals surface area contributed by atoms with Crippen LogP contribution in [0.5, 0.6) is 11.6 Å². The monoisotopic (exact) mass is 453 g/mol. The molecule has 1 unspecified atom stereocenters. The summed E-state index contributed by atoms with van der Waals surface area (Å²) in [6.45, 7) is 1.63. The Morgan fingerprint density at radius 3 is 2.58 bits per heavy atom. The number of hydrogen-bond donors (Lipinski definition) is 2. The second-order valence-electron chi connectivity index (χ2n) is 6.75. The number of amides is 1. The van der Waals surface area contributed by atoms with E-state index in [0.717, 1.165) is 0 Å². The normalized spacial score (nSPS) is 13.5. The van der Waals surface area contributed by atoms with Gasteiger partial charge in [0.15, 0.2) is 5.75 Å². The zero-order valence-electron chi connectivity index (χ0n) is 16.6. The van der Waals surface area contributed by atoms with Crippen molar-refractivity contribution in [2.24, 2.45) is 7.05 Å². The lowest BCUT2D eigenvalue weighted by Gasteiger charge is -2.13. The van der Waals surface area contributed by atoms with Gasteiger partial charge in [0, 0.05) is 30.1 Å². The zero-order chi connectivity index (χ0) is 23.0. The molecule has 8 nitrogen and oxygen atoms in total. The number of aryl methyl sites for hydroxylation is 2. The summed E-state index contributed by atoms with van der Waals surface area (Å²) in [5.41, 5.74) is -0.961. The Balaban J connectivity index is 2.00. The minimum absolute atomic E-state index is 0.158. The molecule has 12 heteroatoms. The molecule has 3 aromatic rings. The van der Waals surface area contributed by atoms with Crippen LogP contribution in [0.2, 0.25) is 0 Å². The van der Waals surface area contributed by atoms with Crippen molar-refractivity contribution >= 4 is 21.3 Å². The number of ether oxygens (including phenoxy) is 1. The molecule has 0 saturated heterocycles. The van der Waals surface area contributed by atoms with Crippen LogP contribution < -0.4 is 10.1 Å². The molecule has 1 amide bonds. The van der Waals surface area contributed by atoms with Gasteiger partial charge in [-0.05, 0) is 31.2 Å². The maximum Gasteiger partial charge on any atom is 0.417 e. The minimum Gasteiger partial charge on any atom is -0.435 e. The molecule has 0 aliphatic rings. The van der Waals surface area contributed by atoms with E-state index in [1.807, 2.05) is 0 Å². The van der Waals surface area contributed by atoms with Gasteiger partial charge in [-0.3, -0.25) is 9.48 Å². The number of benzene rings is 1. The number of aromatic nitrogens is 3. The van der Waals surface area contributed by atoms with Crippen molar-refractivity contribution in [2.45, 2.75) is 18.0 Å². The molecule has 0 spiro atoms. The Morgan fingerprint density at radius 1 is 1.29 bits per heavy atom. The molecular weight excluding hydrogens is 435 g/mol. The first-order valence-electron chi connectivity index (χ1n) is 8.75. The molecule has 0 bridgehead atoms. The third-order valence-electron chi connectivity index (χ3n) is 4.14. The summed E-state index contributed by atoms with van der Waals surface area (Å²) < 4.78 is 66.2. The van der Waals surface area contributed by atoms with Crippen molar-refractivity contribution in [3.8, 4) is 11.6 Å². The van der Waals surface area contributed by atoms with Crippen molar-refractivity contribution in [3.63, 3.8) is 0 Å². The van der Waals surface area contributed by atoms with Gasteiger partial charge < -0.3 is 10.1 Å². The van der Waals surface area contributed by atoms with Gasteiger partial charge in [-0.15, -0.1) is 0 Å². The zero-order valence-corrected chi connectivity index (χ0v) is 17.5. The van der Waals surface area contributed by atoms with Gasteiger partial charge in [-0.2, -0.15) is 18.3 Å². The number of carbonyl (C=O) groups is 1. The number of carbonyl (C=O) groups excluding carboxylic acids is 1. The molecule has 0 fully saturated rings. The Kier molecular flexibility index (Phi) is 5.77. The fourth-order valence-electron chi connectivity index (χ4n) is 2.65. The molecule has 0 aliphatic carbocycles. The molecule has 1 aromatic carbocycles. The molecular formula is C19H18F3N5O3S. The smallest absolute Gasteiger partial charge is 0.417 e. The SMILES string of the molecule is Cc1nn(C)cc1Oc1ncc(C(F)(F)F)cc1C(=O)Nc1cccc(S(C)(=N)=O)c1. The van der Waals surface area contributed by atoms with E-state index in [1.54, 1.807) is 14.0 Å². The number of pyridine rings is 1. The van der Waals surface area contributed by atoms with E-state index in [0.29, 0.717) is 18.0 Å². The molecule has 164 valence electrons. The van der Waals surface area contributed by atoms with Gasteiger partial charge in [0.2, 0.25) is 5.88 Å². The summed E-state index contributed by atoms with van der Waals surface area (Å²) in [7, 11) is -1.41. The van der Waals surface area contributed by atoms with Crippen molar-refractivity contribution in [2.75, 3.05) is 11.6 Å². The average Bonchev–Trinajstić information content (AvgIpc) is 2.97. The second-order valence-corrected chi connectivity index (χ2v) is 8.91. The van der Waals surface area contributed by atoms with E-state index in [-0.39, 0.29) is 22.2 Å². The summed E-state index contributed by atoms with van der Waals surface area (Å²) in [6.07, 6.45) is -1.44. The third-order valence-corrected chi connectivity index (χ3v) is 5.29. The lowest BCUT2D eigenvalue weighted by molar-refractivity contribution is -0.137. The van der Waals surface area contributed by atoms with Crippen LogP contribution in [0.4, 0.5) is 18.9 Å². The number of alkyl halides is 3. The molecule has 2 N–H and O–H groups in total. The first-order valence-corrected chi connectivity index (χ1v) is 10.7. The van der Waals surface area contributed by atoms with Gasteiger partial charge in [0.05, 0.1) is 21.5 Å². The lowest BCUT2D eigenvalue weighted by atomic mass is 10.1. The van der Waals surface area contributed by atoms with E-state index >= 15 is 0 Å². The fourth-order valence-corrected chi connectivity index (χ4v) is 3.34. The summed E-state index contributed by atoms with van der Waals surface area (Å²) in [5, 5.41) is 6.52. The van der Waals surface area contributed by atoms with Crippen molar-refractivity contribution < 1.29 is 26.9 Å². The predicted octanol–water partition coefficient (Wildman–Crippen LogP) is 4.22. The van der Waals surface area contributed by atoms with Gasteiger partial charge in [0.1, 0.15) is 11.3 Å². The van der Waals surface area contributed by atoms with Crippen molar-refractivity contribution in [1.29, 1.82) is 4.78 Å². The highest BCUT2D eigenvalue weighted by Gasteiger charge is 2.33. The molecule has 3 rings (SSSR count). The summed E-state index contributed by atoms with van der Waals surface area (Å²) in [4.78, 5) is 16.7. The first-order chi connectivity index (χ1) is 14.3. The van der Waals surface area contributed by atoms with Crippen LogP contribution in [0.15, 0.2) is 47.6 Å². The highest BCUT2D eigenvalue weighted by atomic mass is 32.2. The number of hydrogen-bond acceptors (Lipinski definition) is 6. The lowest BCUT2D eigenvalue weighted by Crippen LogP contribution is -2.16. The van der Waals surface area contributed by atoms with E-state index in [1.165, 1.54) is 41.4 Å². The molecule has 2 heterocycles. The Labute approximate surface area is 176 Å². The molecule has 31 heavy (non-hydrogen) atoms. The van der Waals surface area contributed by atoms with Crippen LogP contribution in [0.1, 0.15) is 21.6 Å². The van der Waals surface area contributed by atoms with Crippen LogP contribution >= 0.6 is 0 Å². The second kappa shape index (κ2) is 8.02. The van der Waals surface area contributed by atoms with Crippen LogP contribution in [0.25, 0.3) is 0 Å². The summed E-state index contributed by atoms with van der Waals surface area (Å²) in [6, 6.07) is 6.35. The maximum absolute atomic E-state index is 13.2. The third kappa shape index (κ3) is 5.20. The van der Waals surface area contributed by atoms with Crippen LogP contribution in [0.3, 0.4) is 0 Å². The molecule has 1 atom stereocenters. The number of nitrogens with zero attached hydrogens (tertiary/aromatic N) is 3. The first kappa shape index (κ1) is 22.3. The Hall–Kier alpha value is -3.41. The van der Waals surface area contributed by atoms with Gasteiger partial charge >= 0.3 is 6.18 Å². The largest absolute Gasteiger partial charge is 0.435 e. The quantitative estimate of drug-likeness (QED) is 0.601. The van der Waals surface area contributed by atoms with Gasteiger partial charge in [-0.25, -0.2) is 14.0 Å². The summed E-state index contributed by atoms with van der Waals surface area (Å²) >= 11 is 0. The molecule has 2 aromatic heterocycles. The maximum atomic E-state index is 13.2. The standard InChI is InChI=1S/C19H18F3N5O3S/c1-11-16(10-27(2)26-11)30-18-15(7-12(9-24-18)19(20,21)22)17(28)25-13-5-4-6-14(8-13)31(3,23)29/h4-10,23H,1-3H3,(H,25,28). The Bertz CT molecular complexity index is 1250. The van der Waals surface area contributed by atoms with E-state index in [9.17, 15) is 22.2 Å². The number of nitrogens with one attached hydrogen (secondary N) is 2. The van der Waals surface area contributed by atoms with Gasteiger partial charge in [0.25, 0.3) is 5.91 Å². The van der Waals surface area contributed by atoms with E-state index < -0.39 is 32.9 Å². The summed E-state index contributed by atoms with van der Waals surface area (Å²) in [5.74, 6) is -1.02. The van der Waals surface area contributed by atoms with Crippen molar-refractivity contribution in [1.82, 2.24) is 14.8 Å². The molecule has 0 saturated carbocycles. The Morgan fingerprint density at radius 2 is 2.00 bits per heavy atom. The average molecular weight is 453 g/mol. The van der Waals surface area contributed by atoms with Crippen LogP contribution in [0, 0.1) is 11.7 Å².